The van der Waals surface area contributed by atoms with Crippen LogP contribution in [-0.4, -0.2) is 43.9 Å². The third-order valence-electron chi connectivity index (χ3n) is 2.16. The van der Waals surface area contributed by atoms with Crippen LogP contribution in [-0.2, 0) is 9.53 Å². The van der Waals surface area contributed by atoms with E-state index in [-0.39, 0.29) is 17.9 Å². The molecule has 0 saturated heterocycles. The number of ether oxygens (including phenoxy) is 2. The van der Waals surface area contributed by atoms with E-state index in [0.29, 0.717) is 13.2 Å². The van der Waals surface area contributed by atoms with E-state index in [1.165, 1.54) is 13.2 Å². The Morgan fingerprint density at radius 2 is 2.16 bits per heavy atom. The maximum atomic E-state index is 12.9. The summed E-state index contributed by atoms with van der Waals surface area (Å²) in [7, 11) is 1.50. The molecule has 0 saturated carbocycles. The molecular formula is C12H14FNO5. The molecule has 104 valence electrons. The number of carboxylic acids is 1. The molecule has 1 aromatic carbocycles. The Morgan fingerprint density at radius 3 is 2.79 bits per heavy atom. The van der Waals surface area contributed by atoms with Crippen LogP contribution in [0.3, 0.4) is 0 Å². The molecule has 19 heavy (non-hydrogen) atoms. The van der Waals surface area contributed by atoms with Crippen molar-refractivity contribution in [3.63, 3.8) is 0 Å². The van der Waals surface area contributed by atoms with Crippen molar-refractivity contribution in [1.82, 2.24) is 5.32 Å². The molecule has 2 N–H and O–H groups in total. The summed E-state index contributed by atoms with van der Waals surface area (Å²) in [6, 6.07) is 3.06. The lowest BCUT2D eigenvalue weighted by Crippen LogP contribution is -2.31. The SMILES string of the molecule is COCCNC(=O)COc1ccc(F)cc1C(=O)O. The number of carbonyl (C=O) groups excluding carboxylic acids is 1. The first kappa shape index (κ1) is 14.9. The summed E-state index contributed by atoms with van der Waals surface area (Å²) in [4.78, 5) is 22.2. The minimum absolute atomic E-state index is 0.0595. The van der Waals surface area contributed by atoms with E-state index in [1.54, 1.807) is 0 Å². The molecule has 0 aliphatic rings. The Morgan fingerprint density at radius 1 is 1.42 bits per heavy atom. The van der Waals surface area contributed by atoms with Gasteiger partial charge in [0.05, 0.1) is 6.61 Å². The van der Waals surface area contributed by atoms with Crippen LogP contribution in [0.1, 0.15) is 10.4 Å². The lowest BCUT2D eigenvalue weighted by Gasteiger charge is -2.09. The number of carboxylic acid groups (broad SMARTS) is 1. The Kier molecular flexibility index (Phi) is 5.74. The van der Waals surface area contributed by atoms with E-state index < -0.39 is 17.7 Å². The monoisotopic (exact) mass is 271 g/mol. The van der Waals surface area contributed by atoms with E-state index in [9.17, 15) is 14.0 Å². The minimum atomic E-state index is -1.32. The van der Waals surface area contributed by atoms with Crippen molar-refractivity contribution in [1.29, 1.82) is 0 Å². The number of benzene rings is 1. The summed E-state index contributed by atoms with van der Waals surface area (Å²) in [5.74, 6) is -2.49. The zero-order valence-electron chi connectivity index (χ0n) is 10.3. The van der Waals surface area contributed by atoms with Crippen LogP contribution < -0.4 is 10.1 Å². The smallest absolute Gasteiger partial charge is 0.339 e. The van der Waals surface area contributed by atoms with Gasteiger partial charge in [0.15, 0.2) is 6.61 Å². The average Bonchev–Trinajstić information content (AvgIpc) is 2.37. The molecule has 0 radical (unpaired) electrons. The second-order valence-electron chi connectivity index (χ2n) is 3.58. The lowest BCUT2D eigenvalue weighted by atomic mass is 10.2. The Labute approximate surface area is 109 Å². The van der Waals surface area contributed by atoms with Gasteiger partial charge in [-0.25, -0.2) is 9.18 Å². The van der Waals surface area contributed by atoms with E-state index in [2.05, 4.69) is 5.32 Å². The average molecular weight is 271 g/mol. The van der Waals surface area contributed by atoms with Crippen molar-refractivity contribution in [2.75, 3.05) is 26.9 Å². The van der Waals surface area contributed by atoms with Gasteiger partial charge in [-0.2, -0.15) is 0 Å². The second-order valence-corrected chi connectivity index (χ2v) is 3.58. The van der Waals surface area contributed by atoms with Crippen LogP contribution in [0.25, 0.3) is 0 Å². The molecule has 0 fully saturated rings. The van der Waals surface area contributed by atoms with Crippen LogP contribution >= 0.6 is 0 Å². The van der Waals surface area contributed by atoms with Gasteiger partial charge < -0.3 is 19.9 Å². The summed E-state index contributed by atoms with van der Waals surface area (Å²) < 4.78 is 22.7. The van der Waals surface area contributed by atoms with Gasteiger partial charge in [-0.1, -0.05) is 0 Å². The number of methoxy groups -OCH3 is 1. The van der Waals surface area contributed by atoms with Crippen molar-refractivity contribution >= 4 is 11.9 Å². The van der Waals surface area contributed by atoms with Crippen LogP contribution in [0.15, 0.2) is 18.2 Å². The van der Waals surface area contributed by atoms with E-state index in [0.717, 1.165) is 12.1 Å². The molecule has 0 aromatic heterocycles. The number of amides is 1. The summed E-state index contributed by atoms with van der Waals surface area (Å²) in [6.07, 6.45) is 0. The summed E-state index contributed by atoms with van der Waals surface area (Å²) in [5.41, 5.74) is -0.329. The fourth-order valence-corrected chi connectivity index (χ4v) is 1.28. The molecule has 7 heteroatoms. The van der Waals surface area contributed by atoms with E-state index in [4.69, 9.17) is 14.6 Å². The molecule has 6 nitrogen and oxygen atoms in total. The fourth-order valence-electron chi connectivity index (χ4n) is 1.28. The highest BCUT2D eigenvalue weighted by Crippen LogP contribution is 2.19. The molecule has 0 heterocycles. The lowest BCUT2D eigenvalue weighted by molar-refractivity contribution is -0.123. The Hall–Kier alpha value is -2.15. The fraction of sp³-hybridized carbons (Fsp3) is 0.333. The third-order valence-corrected chi connectivity index (χ3v) is 2.16. The van der Waals surface area contributed by atoms with Gasteiger partial charge in [-0.15, -0.1) is 0 Å². The molecule has 1 amide bonds. The van der Waals surface area contributed by atoms with Gasteiger partial charge in [0.1, 0.15) is 17.1 Å². The highest BCUT2D eigenvalue weighted by molar-refractivity contribution is 5.91. The molecule has 0 bridgehead atoms. The predicted molar refractivity (Wildman–Crippen MR) is 63.7 cm³/mol. The molecule has 0 aliphatic carbocycles. The zero-order valence-corrected chi connectivity index (χ0v) is 10.3. The summed E-state index contributed by atoms with van der Waals surface area (Å²) >= 11 is 0. The zero-order chi connectivity index (χ0) is 14.3. The van der Waals surface area contributed by atoms with Gasteiger partial charge in [-0.3, -0.25) is 4.79 Å². The van der Waals surface area contributed by atoms with Crippen LogP contribution in [0.4, 0.5) is 4.39 Å². The number of nitrogens with one attached hydrogen (secondary N) is 1. The van der Waals surface area contributed by atoms with Gasteiger partial charge in [-0.05, 0) is 18.2 Å². The maximum Gasteiger partial charge on any atom is 0.339 e. The van der Waals surface area contributed by atoms with Crippen LogP contribution in [0.5, 0.6) is 5.75 Å². The van der Waals surface area contributed by atoms with Crippen LogP contribution in [0.2, 0.25) is 0 Å². The third kappa shape index (κ3) is 4.92. The van der Waals surface area contributed by atoms with Gasteiger partial charge in [0.25, 0.3) is 5.91 Å². The second kappa shape index (κ2) is 7.32. The minimum Gasteiger partial charge on any atom is -0.483 e. The largest absolute Gasteiger partial charge is 0.483 e. The quantitative estimate of drug-likeness (QED) is 0.712. The van der Waals surface area contributed by atoms with Crippen molar-refractivity contribution in [3.05, 3.63) is 29.6 Å². The number of hydrogen-bond donors (Lipinski definition) is 2. The first-order valence-electron chi connectivity index (χ1n) is 5.46. The normalized spacial score (nSPS) is 10.0. The summed E-state index contributed by atoms with van der Waals surface area (Å²) in [5, 5.41) is 11.4. The van der Waals surface area contributed by atoms with Crippen molar-refractivity contribution in [3.8, 4) is 5.75 Å². The van der Waals surface area contributed by atoms with Gasteiger partial charge in [0.2, 0.25) is 0 Å². The predicted octanol–water partition coefficient (Wildman–Crippen LogP) is 0.665. The first-order valence-corrected chi connectivity index (χ1v) is 5.46. The standard InChI is InChI=1S/C12H14FNO5/c1-18-5-4-14-11(15)7-19-10-3-2-8(13)6-9(10)12(16)17/h2-3,6H,4-5,7H2,1H3,(H,14,15)(H,16,17). The number of carbonyl (C=O) groups is 2. The number of rotatable bonds is 7. The van der Waals surface area contributed by atoms with Crippen LogP contribution in [0, 0.1) is 5.82 Å². The molecule has 0 spiro atoms. The molecule has 0 aliphatic heterocycles. The Bertz CT molecular complexity index is 463. The molecule has 0 unspecified atom stereocenters. The molecule has 1 rings (SSSR count). The topological polar surface area (TPSA) is 84.9 Å². The van der Waals surface area contributed by atoms with Gasteiger partial charge in [0, 0.05) is 13.7 Å². The number of halogens is 1. The number of aromatic carboxylic acids is 1. The van der Waals surface area contributed by atoms with E-state index in [1.807, 2.05) is 0 Å². The Balaban J connectivity index is 2.57. The maximum absolute atomic E-state index is 12.9. The highest BCUT2D eigenvalue weighted by atomic mass is 19.1. The first-order chi connectivity index (χ1) is 9.04. The highest BCUT2D eigenvalue weighted by Gasteiger charge is 2.13. The van der Waals surface area contributed by atoms with Crippen molar-refractivity contribution < 1.29 is 28.6 Å². The van der Waals surface area contributed by atoms with Crippen molar-refractivity contribution in [2.24, 2.45) is 0 Å². The molecular weight excluding hydrogens is 257 g/mol. The van der Waals surface area contributed by atoms with Crippen molar-refractivity contribution in [2.45, 2.75) is 0 Å². The number of hydrogen-bond acceptors (Lipinski definition) is 4. The summed E-state index contributed by atoms with van der Waals surface area (Å²) in [6.45, 7) is 0.339. The van der Waals surface area contributed by atoms with E-state index >= 15 is 0 Å². The molecule has 1 aromatic rings. The molecule has 0 atom stereocenters. The van der Waals surface area contributed by atoms with Gasteiger partial charge >= 0.3 is 5.97 Å².